The molecule has 0 aliphatic carbocycles. The van der Waals surface area contributed by atoms with Crippen molar-refractivity contribution in [2.75, 3.05) is 19.7 Å². The molecule has 1 fully saturated rings. The second-order valence-electron chi connectivity index (χ2n) is 6.91. The number of hydrogen-bond donors (Lipinski definition) is 1. The van der Waals surface area contributed by atoms with Gasteiger partial charge >= 0.3 is 5.97 Å². The van der Waals surface area contributed by atoms with Crippen molar-refractivity contribution in [3.63, 3.8) is 0 Å². The molecule has 27 heavy (non-hydrogen) atoms. The van der Waals surface area contributed by atoms with Crippen LogP contribution in [0.5, 0.6) is 0 Å². The molecule has 0 radical (unpaired) electrons. The van der Waals surface area contributed by atoms with Gasteiger partial charge in [-0.3, -0.25) is 0 Å². The molecule has 2 aromatic rings. The smallest absolute Gasteiger partial charge is 0.348 e. The predicted octanol–water partition coefficient (Wildman–Crippen LogP) is 2.45. The first kappa shape index (κ1) is 19.5. The summed E-state index contributed by atoms with van der Waals surface area (Å²) in [6.07, 6.45) is 1.70. The number of carbonyl (C=O) groups is 1. The van der Waals surface area contributed by atoms with E-state index >= 15 is 0 Å². The molecule has 0 bridgehead atoms. The Labute approximate surface area is 160 Å². The molecule has 0 aromatic heterocycles. The highest BCUT2D eigenvalue weighted by atomic mass is 16.6. The molecular weight excluding hydrogens is 342 g/mol. The van der Waals surface area contributed by atoms with Crippen molar-refractivity contribution in [1.82, 2.24) is 0 Å². The van der Waals surface area contributed by atoms with E-state index in [1.165, 1.54) is 0 Å². The Hall–Kier alpha value is -2.21. The Bertz CT molecular complexity index is 672. The zero-order valence-electron chi connectivity index (χ0n) is 15.7. The van der Waals surface area contributed by atoms with Crippen LogP contribution >= 0.6 is 0 Å². The first-order valence-corrected chi connectivity index (χ1v) is 9.64. The van der Waals surface area contributed by atoms with Crippen molar-refractivity contribution >= 4 is 5.97 Å². The molecular formula is C22H27NO4. The van der Waals surface area contributed by atoms with Crippen molar-refractivity contribution in [3.8, 4) is 0 Å². The normalized spacial score (nSPS) is 20.2. The topological polar surface area (TPSA) is 63.0 Å². The number of nitrogens with one attached hydrogen (secondary N) is 1. The van der Waals surface area contributed by atoms with E-state index in [4.69, 9.17) is 9.47 Å². The van der Waals surface area contributed by atoms with E-state index in [2.05, 4.69) is 0 Å². The molecule has 3 rings (SSSR count). The molecule has 0 spiro atoms. The zero-order chi connectivity index (χ0) is 19.1. The monoisotopic (exact) mass is 369 g/mol. The van der Waals surface area contributed by atoms with Crippen LogP contribution in [-0.2, 0) is 19.9 Å². The Morgan fingerprint density at radius 1 is 1.04 bits per heavy atom. The van der Waals surface area contributed by atoms with Gasteiger partial charge in [0.1, 0.15) is 6.10 Å². The summed E-state index contributed by atoms with van der Waals surface area (Å²) >= 11 is 0. The molecule has 5 heteroatoms. The summed E-state index contributed by atoms with van der Waals surface area (Å²) in [5.41, 5.74) is 0.197. The van der Waals surface area contributed by atoms with E-state index in [0.29, 0.717) is 32.5 Å². The average Bonchev–Trinajstić information content (AvgIpc) is 2.72. The van der Waals surface area contributed by atoms with Crippen molar-refractivity contribution in [1.29, 1.82) is 0 Å². The van der Waals surface area contributed by atoms with Gasteiger partial charge in [-0.1, -0.05) is 67.6 Å². The van der Waals surface area contributed by atoms with Crippen molar-refractivity contribution < 1.29 is 19.3 Å². The van der Waals surface area contributed by atoms with E-state index in [0.717, 1.165) is 17.5 Å². The van der Waals surface area contributed by atoms with Crippen LogP contribution in [0.2, 0.25) is 0 Å². The quantitative estimate of drug-likeness (QED) is 0.601. The SMILES string of the molecule is CCCOC(C(=O)OC1CC[NH+]([O-])CC1)(c1ccccc1)c1ccccc1. The number of esters is 1. The fourth-order valence-corrected chi connectivity index (χ4v) is 3.49. The van der Waals surface area contributed by atoms with E-state index in [-0.39, 0.29) is 11.2 Å². The molecule has 5 nitrogen and oxygen atoms in total. The van der Waals surface area contributed by atoms with Crippen LogP contribution in [-0.4, -0.2) is 31.8 Å². The van der Waals surface area contributed by atoms with Gasteiger partial charge < -0.3 is 19.7 Å². The molecule has 0 atom stereocenters. The third kappa shape index (κ3) is 4.38. The number of rotatable bonds is 7. The molecule has 1 aliphatic rings. The van der Waals surface area contributed by atoms with E-state index in [1.54, 1.807) is 0 Å². The van der Waals surface area contributed by atoms with Crippen molar-refractivity contribution in [2.45, 2.75) is 37.9 Å². The van der Waals surface area contributed by atoms with Gasteiger partial charge in [0.25, 0.3) is 0 Å². The number of ether oxygens (including phenoxy) is 2. The van der Waals surface area contributed by atoms with Gasteiger partial charge in [0.2, 0.25) is 5.60 Å². The Kier molecular flexibility index (Phi) is 6.61. The van der Waals surface area contributed by atoms with Crippen LogP contribution in [0, 0.1) is 5.21 Å². The van der Waals surface area contributed by atoms with Gasteiger partial charge in [0.05, 0.1) is 13.1 Å². The van der Waals surface area contributed by atoms with Crippen LogP contribution < -0.4 is 5.06 Å². The van der Waals surface area contributed by atoms with Gasteiger partial charge in [-0.05, 0) is 17.5 Å². The Balaban J connectivity index is 1.98. The third-order valence-corrected chi connectivity index (χ3v) is 4.93. The van der Waals surface area contributed by atoms with Gasteiger partial charge in [-0.25, -0.2) is 4.79 Å². The minimum atomic E-state index is -1.31. The molecule has 144 valence electrons. The summed E-state index contributed by atoms with van der Waals surface area (Å²) in [5, 5.41) is 11.7. The minimum Gasteiger partial charge on any atom is -0.634 e. The molecule has 1 aliphatic heterocycles. The average molecular weight is 369 g/mol. The van der Waals surface area contributed by atoms with E-state index in [1.807, 2.05) is 67.6 Å². The summed E-state index contributed by atoms with van der Waals surface area (Å²) < 4.78 is 12.1. The van der Waals surface area contributed by atoms with Crippen LogP contribution in [0.3, 0.4) is 0 Å². The molecule has 0 amide bonds. The maximum atomic E-state index is 13.5. The van der Waals surface area contributed by atoms with Crippen LogP contribution in [0.4, 0.5) is 0 Å². The predicted molar refractivity (Wildman–Crippen MR) is 103 cm³/mol. The number of piperidine rings is 1. The number of carbonyl (C=O) groups excluding carboxylic acids is 1. The van der Waals surface area contributed by atoms with Gasteiger partial charge in [-0.2, -0.15) is 0 Å². The van der Waals surface area contributed by atoms with E-state index < -0.39 is 11.6 Å². The second-order valence-corrected chi connectivity index (χ2v) is 6.91. The molecule has 1 heterocycles. The molecule has 0 saturated carbocycles. The number of hydrogen-bond acceptors (Lipinski definition) is 4. The first-order valence-electron chi connectivity index (χ1n) is 9.64. The first-order chi connectivity index (χ1) is 13.2. The van der Waals surface area contributed by atoms with Crippen molar-refractivity contribution in [2.24, 2.45) is 0 Å². The van der Waals surface area contributed by atoms with Gasteiger partial charge in [-0.15, -0.1) is 0 Å². The summed E-state index contributed by atoms with van der Waals surface area (Å²) in [7, 11) is 0. The maximum absolute atomic E-state index is 13.5. The van der Waals surface area contributed by atoms with E-state index in [9.17, 15) is 10.0 Å². The zero-order valence-corrected chi connectivity index (χ0v) is 15.7. The standard InChI is InChI=1S/C22H27NO4/c1-2-17-26-22(18-9-5-3-6-10-18,19-11-7-4-8-12-19)21(24)27-20-13-15-23(25)16-14-20/h3-12,20,23H,2,13-17H2,1H3. The summed E-state index contributed by atoms with van der Waals surface area (Å²) in [6, 6.07) is 19.0. The Morgan fingerprint density at radius 2 is 1.56 bits per heavy atom. The molecule has 0 unspecified atom stereocenters. The minimum absolute atomic E-state index is 0.238. The third-order valence-electron chi connectivity index (χ3n) is 4.93. The van der Waals surface area contributed by atoms with Gasteiger partial charge in [0.15, 0.2) is 0 Å². The highest BCUT2D eigenvalue weighted by Gasteiger charge is 2.46. The highest BCUT2D eigenvalue weighted by Crippen LogP contribution is 2.36. The summed E-state index contributed by atoms with van der Waals surface area (Å²) in [6.45, 7) is 3.38. The highest BCUT2D eigenvalue weighted by molar-refractivity contribution is 5.86. The van der Waals surface area contributed by atoms with Gasteiger partial charge in [0, 0.05) is 19.4 Å². The number of benzene rings is 2. The summed E-state index contributed by atoms with van der Waals surface area (Å²) in [5.74, 6) is -0.410. The second kappa shape index (κ2) is 9.13. The maximum Gasteiger partial charge on any atom is 0.348 e. The lowest BCUT2D eigenvalue weighted by molar-refractivity contribution is -0.854. The molecule has 2 aromatic carbocycles. The van der Waals surface area contributed by atoms with Crippen LogP contribution in [0.25, 0.3) is 0 Å². The fraction of sp³-hybridized carbons (Fsp3) is 0.409. The molecule has 1 saturated heterocycles. The summed E-state index contributed by atoms with van der Waals surface area (Å²) in [4.78, 5) is 13.5. The fourth-order valence-electron chi connectivity index (χ4n) is 3.49. The lowest BCUT2D eigenvalue weighted by Gasteiger charge is -2.36. The van der Waals surface area contributed by atoms with Crippen LogP contribution in [0.15, 0.2) is 60.7 Å². The molecule has 1 N–H and O–H groups in total. The Morgan fingerprint density at radius 3 is 2.04 bits per heavy atom. The lowest BCUT2D eigenvalue weighted by Crippen LogP contribution is -3.08. The largest absolute Gasteiger partial charge is 0.634 e. The lowest BCUT2D eigenvalue weighted by atomic mass is 9.85. The number of hydroxylamine groups is 2. The number of quaternary nitrogens is 1. The van der Waals surface area contributed by atoms with Crippen molar-refractivity contribution in [3.05, 3.63) is 77.0 Å². The van der Waals surface area contributed by atoms with Crippen LogP contribution in [0.1, 0.15) is 37.3 Å².